The molecule has 8 nitrogen and oxygen atoms in total. The molecule has 0 aromatic heterocycles. The highest BCUT2D eigenvalue weighted by atomic mass is 32.2. The van der Waals surface area contributed by atoms with Gasteiger partial charge in [-0.2, -0.15) is 4.31 Å². The third-order valence-electron chi connectivity index (χ3n) is 8.10. The Labute approximate surface area is 266 Å². The second-order valence-corrected chi connectivity index (χ2v) is 14.3. The predicted molar refractivity (Wildman–Crippen MR) is 172 cm³/mol. The Hall–Kier alpha value is -3.60. The van der Waals surface area contributed by atoms with E-state index in [4.69, 9.17) is 4.74 Å². The van der Waals surface area contributed by atoms with Crippen LogP contribution in [0.1, 0.15) is 52.2 Å². The first kappa shape index (κ1) is 35.9. The van der Waals surface area contributed by atoms with E-state index < -0.39 is 51.2 Å². The number of amides is 1. The highest BCUT2D eigenvalue weighted by Crippen LogP contribution is 2.29. The monoisotopic (exact) mass is 640 g/mol. The van der Waals surface area contributed by atoms with Crippen molar-refractivity contribution >= 4 is 21.9 Å². The summed E-state index contributed by atoms with van der Waals surface area (Å²) >= 11 is 0. The van der Waals surface area contributed by atoms with Crippen molar-refractivity contribution in [3.63, 3.8) is 0 Å². The number of esters is 1. The van der Waals surface area contributed by atoms with E-state index in [1.807, 2.05) is 74.5 Å². The van der Waals surface area contributed by atoms with Crippen molar-refractivity contribution in [2.45, 2.75) is 71.1 Å². The van der Waals surface area contributed by atoms with Gasteiger partial charge in [0.05, 0.1) is 28.4 Å². The number of hydrogen-bond donors (Lipinski definition) is 2. The van der Waals surface area contributed by atoms with Crippen LogP contribution in [-0.4, -0.2) is 54.9 Å². The molecule has 1 amide bonds. The summed E-state index contributed by atoms with van der Waals surface area (Å²) in [4.78, 5) is 26.6. The van der Waals surface area contributed by atoms with Gasteiger partial charge in [-0.1, -0.05) is 81.4 Å². The molecule has 0 spiro atoms. The number of hydrogen-bond acceptors (Lipinski definition) is 6. The maximum atomic E-state index is 13.6. The van der Waals surface area contributed by atoms with Gasteiger partial charge in [0.15, 0.2) is 0 Å². The lowest BCUT2D eigenvalue weighted by molar-refractivity contribution is -0.161. The molecule has 0 aliphatic rings. The first-order valence-corrected chi connectivity index (χ1v) is 16.6. The van der Waals surface area contributed by atoms with Crippen LogP contribution in [0.4, 0.5) is 4.39 Å². The lowest BCUT2D eigenvalue weighted by Crippen LogP contribution is -2.53. The molecule has 45 heavy (non-hydrogen) atoms. The van der Waals surface area contributed by atoms with Crippen LogP contribution in [0.15, 0.2) is 89.8 Å². The molecule has 1 unspecified atom stereocenters. The highest BCUT2D eigenvalue weighted by molar-refractivity contribution is 7.89. The molecule has 0 fully saturated rings. The number of nitrogens with zero attached hydrogens (tertiary/aromatic N) is 1. The summed E-state index contributed by atoms with van der Waals surface area (Å²) in [7, 11) is -4.09. The number of halogens is 1. The van der Waals surface area contributed by atoms with E-state index in [0.29, 0.717) is 6.42 Å². The molecule has 2 N–H and O–H groups in total. The zero-order chi connectivity index (χ0) is 33.2. The summed E-state index contributed by atoms with van der Waals surface area (Å²) in [5.74, 6) is -2.25. The molecule has 3 atom stereocenters. The minimum absolute atomic E-state index is 0.0710. The maximum Gasteiger partial charge on any atom is 0.312 e. The summed E-state index contributed by atoms with van der Waals surface area (Å²) in [5, 5.41) is 14.4. The number of carbonyl (C=O) groups is 2. The zero-order valence-electron chi connectivity index (χ0n) is 26.6. The molecule has 10 heteroatoms. The van der Waals surface area contributed by atoms with Crippen molar-refractivity contribution in [3.05, 3.63) is 102 Å². The van der Waals surface area contributed by atoms with Crippen LogP contribution in [0.3, 0.4) is 0 Å². The second-order valence-electron chi connectivity index (χ2n) is 12.4. The van der Waals surface area contributed by atoms with Crippen molar-refractivity contribution in [2.24, 2.45) is 17.3 Å². The summed E-state index contributed by atoms with van der Waals surface area (Å²) < 4.78 is 47.5. The van der Waals surface area contributed by atoms with Crippen LogP contribution in [0.5, 0.6) is 0 Å². The smallest absolute Gasteiger partial charge is 0.312 e. The summed E-state index contributed by atoms with van der Waals surface area (Å²) in [6, 6.07) is 22.1. The number of carbonyl (C=O) groups excluding carboxylic acids is 2. The van der Waals surface area contributed by atoms with Gasteiger partial charge in [0.25, 0.3) is 0 Å². The fourth-order valence-corrected chi connectivity index (χ4v) is 6.15. The standard InChI is InChI=1S/C35H45FN2O6S/c1-25(2)20-21-38(45(42,43)30-18-16-29(36)17-19-30)23-32(39)31(22-27-12-8-6-9-13-27)37-33(40)26(3)35(4,5)34(41)44-24-28-14-10-7-11-15-28/h6-19,25-26,31-32,39H,20-24H2,1-5H3,(H,37,40)/t26?,31-,32+/m0/s1. The first-order valence-electron chi connectivity index (χ1n) is 15.2. The second kappa shape index (κ2) is 16.1. The Bertz CT molecular complexity index is 1480. The van der Waals surface area contributed by atoms with Gasteiger partial charge >= 0.3 is 5.97 Å². The molecular weight excluding hydrogens is 595 g/mol. The van der Waals surface area contributed by atoms with Gasteiger partial charge < -0.3 is 15.2 Å². The molecule has 244 valence electrons. The molecule has 3 aromatic carbocycles. The Balaban J connectivity index is 1.82. The summed E-state index contributed by atoms with van der Waals surface area (Å²) in [5.41, 5.74) is 0.449. The van der Waals surface area contributed by atoms with Crippen LogP contribution < -0.4 is 5.32 Å². The normalized spacial score (nSPS) is 14.2. The summed E-state index contributed by atoms with van der Waals surface area (Å²) in [6.07, 6.45) is -0.565. The number of nitrogens with one attached hydrogen (secondary N) is 1. The number of rotatable bonds is 16. The van der Waals surface area contributed by atoms with Gasteiger partial charge in [0, 0.05) is 13.1 Å². The van der Waals surface area contributed by atoms with Crippen LogP contribution in [-0.2, 0) is 37.4 Å². The molecule has 0 heterocycles. The van der Waals surface area contributed by atoms with Crippen LogP contribution in [0, 0.1) is 23.1 Å². The van der Waals surface area contributed by atoms with Crippen molar-refractivity contribution in [2.75, 3.05) is 13.1 Å². The van der Waals surface area contributed by atoms with Crippen molar-refractivity contribution < 1.29 is 32.2 Å². The van der Waals surface area contributed by atoms with E-state index >= 15 is 0 Å². The number of aliphatic hydroxyl groups is 1. The lowest BCUT2D eigenvalue weighted by Gasteiger charge is -2.33. The number of ether oxygens (including phenoxy) is 1. The minimum atomic E-state index is -4.09. The number of sulfonamides is 1. The van der Waals surface area contributed by atoms with Crippen LogP contribution in [0.2, 0.25) is 0 Å². The van der Waals surface area contributed by atoms with E-state index in [2.05, 4.69) is 5.32 Å². The van der Waals surface area contributed by atoms with Crippen molar-refractivity contribution in [1.82, 2.24) is 9.62 Å². The topological polar surface area (TPSA) is 113 Å². The van der Waals surface area contributed by atoms with Gasteiger partial charge in [-0.25, -0.2) is 12.8 Å². The van der Waals surface area contributed by atoms with E-state index in [9.17, 15) is 27.5 Å². The van der Waals surface area contributed by atoms with Crippen LogP contribution in [0.25, 0.3) is 0 Å². The molecule has 0 bridgehead atoms. The molecule has 3 aromatic rings. The SMILES string of the molecule is CC(C)CCN(C[C@@H](O)[C@H](Cc1ccccc1)NC(=O)C(C)C(C)(C)C(=O)OCc1ccccc1)S(=O)(=O)c1ccc(F)cc1. The van der Waals surface area contributed by atoms with Gasteiger partial charge in [-0.15, -0.1) is 0 Å². The van der Waals surface area contributed by atoms with E-state index in [-0.39, 0.29) is 36.9 Å². The fraction of sp³-hybridized carbons (Fsp3) is 0.429. The molecule has 0 radical (unpaired) electrons. The van der Waals surface area contributed by atoms with Gasteiger partial charge in [-0.05, 0) is 68.0 Å². The summed E-state index contributed by atoms with van der Waals surface area (Å²) in [6.45, 7) is 8.71. The Morgan fingerprint density at radius 3 is 2.02 bits per heavy atom. The number of benzene rings is 3. The van der Waals surface area contributed by atoms with Crippen molar-refractivity contribution in [1.29, 1.82) is 0 Å². The van der Waals surface area contributed by atoms with E-state index in [0.717, 1.165) is 23.3 Å². The molecule has 0 saturated carbocycles. The van der Waals surface area contributed by atoms with E-state index in [1.165, 1.54) is 16.4 Å². The van der Waals surface area contributed by atoms with Crippen LogP contribution >= 0.6 is 0 Å². The molecular formula is C35H45FN2O6S. The van der Waals surface area contributed by atoms with Crippen molar-refractivity contribution in [3.8, 4) is 0 Å². The van der Waals surface area contributed by atoms with E-state index in [1.54, 1.807) is 20.8 Å². The zero-order valence-corrected chi connectivity index (χ0v) is 27.5. The number of aliphatic hydroxyl groups excluding tert-OH is 1. The Kier molecular flexibility index (Phi) is 12.8. The third-order valence-corrected chi connectivity index (χ3v) is 9.98. The predicted octanol–water partition coefficient (Wildman–Crippen LogP) is 5.36. The first-order chi connectivity index (χ1) is 21.2. The maximum absolute atomic E-state index is 13.6. The molecule has 0 aliphatic heterocycles. The molecule has 0 aliphatic carbocycles. The van der Waals surface area contributed by atoms with Gasteiger partial charge in [0.2, 0.25) is 15.9 Å². The van der Waals surface area contributed by atoms with Gasteiger partial charge in [-0.3, -0.25) is 9.59 Å². The highest BCUT2D eigenvalue weighted by Gasteiger charge is 2.41. The van der Waals surface area contributed by atoms with Gasteiger partial charge in [0.1, 0.15) is 12.4 Å². The largest absolute Gasteiger partial charge is 0.460 e. The molecule has 3 rings (SSSR count). The Morgan fingerprint density at radius 1 is 0.911 bits per heavy atom. The minimum Gasteiger partial charge on any atom is -0.460 e. The lowest BCUT2D eigenvalue weighted by atomic mass is 9.79. The Morgan fingerprint density at radius 2 is 1.47 bits per heavy atom. The average Bonchev–Trinajstić information content (AvgIpc) is 3.01. The quantitative estimate of drug-likeness (QED) is 0.204. The molecule has 0 saturated heterocycles. The average molecular weight is 641 g/mol. The fourth-order valence-electron chi connectivity index (χ4n) is 4.68. The third kappa shape index (κ3) is 10.2.